The van der Waals surface area contributed by atoms with Crippen LogP contribution in [0.25, 0.3) is 0 Å². The van der Waals surface area contributed by atoms with Crippen LogP contribution >= 0.6 is 0 Å². The summed E-state index contributed by atoms with van der Waals surface area (Å²) in [6.07, 6.45) is 10.4. The minimum absolute atomic E-state index is 0.240. The van der Waals surface area contributed by atoms with E-state index >= 15 is 0 Å². The van der Waals surface area contributed by atoms with Gasteiger partial charge in [0.05, 0.1) is 5.60 Å². The Kier molecular flexibility index (Phi) is 4.16. The fourth-order valence-electron chi connectivity index (χ4n) is 4.39. The second kappa shape index (κ2) is 5.71. The second-order valence-electron chi connectivity index (χ2n) is 7.16. The highest BCUT2D eigenvalue weighted by Gasteiger charge is 2.41. The highest BCUT2D eigenvalue weighted by molar-refractivity contribution is 4.94. The van der Waals surface area contributed by atoms with Crippen molar-refractivity contribution in [2.75, 3.05) is 19.7 Å². The molecule has 3 atom stereocenters. The molecule has 2 heterocycles. The summed E-state index contributed by atoms with van der Waals surface area (Å²) in [4.78, 5) is 2.72. The van der Waals surface area contributed by atoms with Crippen molar-refractivity contribution in [1.29, 1.82) is 0 Å². The fraction of sp³-hybridized carbons (Fsp3) is 1.00. The van der Waals surface area contributed by atoms with Crippen LogP contribution in [-0.2, 0) is 4.74 Å². The maximum absolute atomic E-state index is 6.22. The van der Waals surface area contributed by atoms with Crippen molar-refractivity contribution >= 4 is 0 Å². The van der Waals surface area contributed by atoms with E-state index in [4.69, 9.17) is 10.5 Å². The minimum atomic E-state index is 0.240. The molecule has 1 aliphatic carbocycles. The summed E-state index contributed by atoms with van der Waals surface area (Å²) in [6, 6.07) is 1.17. The number of likely N-dealkylation sites (tertiary alicyclic amines) is 1. The van der Waals surface area contributed by atoms with Gasteiger partial charge in [-0.15, -0.1) is 0 Å². The predicted molar refractivity (Wildman–Crippen MR) is 78.1 cm³/mol. The van der Waals surface area contributed by atoms with Gasteiger partial charge in [-0.1, -0.05) is 26.2 Å². The molecule has 0 radical (unpaired) electrons. The summed E-state index contributed by atoms with van der Waals surface area (Å²) in [5.74, 6) is 0.652. The summed E-state index contributed by atoms with van der Waals surface area (Å²) in [5.41, 5.74) is 6.39. The SMILES string of the molecule is CC1CN(C2CCOC3(CCCCC3)C2)CCC1N. The third-order valence-electron chi connectivity index (χ3n) is 5.75. The molecule has 19 heavy (non-hydrogen) atoms. The molecule has 0 aromatic rings. The van der Waals surface area contributed by atoms with E-state index in [0.29, 0.717) is 12.0 Å². The molecule has 0 aromatic heterocycles. The Hall–Kier alpha value is -0.120. The average molecular weight is 266 g/mol. The molecule has 1 saturated carbocycles. The molecular weight excluding hydrogens is 236 g/mol. The fourth-order valence-corrected chi connectivity index (χ4v) is 4.39. The Morgan fingerprint density at radius 1 is 1.16 bits per heavy atom. The van der Waals surface area contributed by atoms with E-state index in [-0.39, 0.29) is 5.60 Å². The normalized spacial score (nSPS) is 40.4. The van der Waals surface area contributed by atoms with Crippen LogP contribution in [0.5, 0.6) is 0 Å². The number of nitrogens with two attached hydrogens (primary N) is 1. The van der Waals surface area contributed by atoms with Crippen molar-refractivity contribution in [2.45, 2.75) is 76.0 Å². The summed E-state index contributed by atoms with van der Waals surface area (Å²) in [7, 11) is 0. The summed E-state index contributed by atoms with van der Waals surface area (Å²) < 4.78 is 6.22. The van der Waals surface area contributed by atoms with Gasteiger partial charge in [-0.2, -0.15) is 0 Å². The van der Waals surface area contributed by atoms with Crippen molar-refractivity contribution in [1.82, 2.24) is 4.90 Å². The van der Waals surface area contributed by atoms with Crippen LogP contribution < -0.4 is 5.73 Å². The monoisotopic (exact) mass is 266 g/mol. The van der Waals surface area contributed by atoms with Gasteiger partial charge in [-0.25, -0.2) is 0 Å². The lowest BCUT2D eigenvalue weighted by atomic mass is 9.77. The molecule has 3 aliphatic rings. The molecule has 0 aromatic carbocycles. The summed E-state index contributed by atoms with van der Waals surface area (Å²) in [5, 5.41) is 0. The van der Waals surface area contributed by atoms with E-state index in [1.165, 1.54) is 64.5 Å². The lowest BCUT2D eigenvalue weighted by Gasteiger charge is -2.48. The highest BCUT2D eigenvalue weighted by Crippen LogP contribution is 2.40. The molecular formula is C16H30N2O. The zero-order chi connectivity index (χ0) is 13.3. The van der Waals surface area contributed by atoms with Gasteiger partial charge in [-0.05, 0) is 44.6 Å². The molecule has 3 unspecified atom stereocenters. The maximum Gasteiger partial charge on any atom is 0.0697 e. The highest BCUT2D eigenvalue weighted by atomic mass is 16.5. The Morgan fingerprint density at radius 3 is 2.68 bits per heavy atom. The minimum Gasteiger partial charge on any atom is -0.375 e. The molecule has 0 bridgehead atoms. The molecule has 3 heteroatoms. The van der Waals surface area contributed by atoms with E-state index in [1.54, 1.807) is 0 Å². The predicted octanol–water partition coefficient (Wildman–Crippen LogP) is 2.54. The van der Waals surface area contributed by atoms with Gasteiger partial charge in [0.2, 0.25) is 0 Å². The quantitative estimate of drug-likeness (QED) is 0.792. The lowest BCUT2D eigenvalue weighted by Crippen LogP contribution is -2.54. The molecule has 3 nitrogen and oxygen atoms in total. The zero-order valence-electron chi connectivity index (χ0n) is 12.4. The first-order valence-corrected chi connectivity index (χ1v) is 8.32. The number of hydrogen-bond donors (Lipinski definition) is 1. The van der Waals surface area contributed by atoms with E-state index in [2.05, 4.69) is 11.8 Å². The van der Waals surface area contributed by atoms with Gasteiger partial charge < -0.3 is 10.5 Å². The van der Waals surface area contributed by atoms with E-state index in [0.717, 1.165) is 12.6 Å². The number of hydrogen-bond acceptors (Lipinski definition) is 3. The van der Waals surface area contributed by atoms with Crippen LogP contribution in [-0.4, -0.2) is 42.3 Å². The van der Waals surface area contributed by atoms with Crippen molar-refractivity contribution in [3.05, 3.63) is 0 Å². The summed E-state index contributed by atoms with van der Waals surface area (Å²) >= 11 is 0. The molecule has 110 valence electrons. The van der Waals surface area contributed by atoms with Gasteiger partial charge in [0.25, 0.3) is 0 Å². The standard InChI is InChI=1S/C16H30N2O/c1-13-12-18(9-5-15(13)17)14-6-10-19-16(11-14)7-3-2-4-8-16/h13-15H,2-12,17H2,1H3. The number of piperidine rings is 1. The Labute approximate surface area is 117 Å². The average Bonchev–Trinajstić information content (AvgIpc) is 2.43. The van der Waals surface area contributed by atoms with E-state index < -0.39 is 0 Å². The molecule has 3 rings (SSSR count). The largest absolute Gasteiger partial charge is 0.375 e. The van der Waals surface area contributed by atoms with Crippen molar-refractivity contribution in [2.24, 2.45) is 11.7 Å². The third kappa shape index (κ3) is 2.98. The second-order valence-corrected chi connectivity index (χ2v) is 7.16. The van der Waals surface area contributed by atoms with Crippen molar-refractivity contribution in [3.63, 3.8) is 0 Å². The molecule has 0 amide bonds. The summed E-state index contributed by atoms with van der Waals surface area (Å²) in [6.45, 7) is 5.68. The number of ether oxygens (including phenoxy) is 1. The van der Waals surface area contributed by atoms with Gasteiger partial charge in [-0.3, -0.25) is 4.90 Å². The molecule has 2 saturated heterocycles. The lowest BCUT2D eigenvalue weighted by molar-refractivity contribution is -0.127. The Morgan fingerprint density at radius 2 is 1.95 bits per heavy atom. The van der Waals surface area contributed by atoms with Crippen molar-refractivity contribution < 1.29 is 4.74 Å². The Bertz CT molecular complexity index is 296. The van der Waals surface area contributed by atoms with Gasteiger partial charge >= 0.3 is 0 Å². The van der Waals surface area contributed by atoms with Crippen molar-refractivity contribution in [3.8, 4) is 0 Å². The molecule has 2 N–H and O–H groups in total. The van der Waals surface area contributed by atoms with Gasteiger partial charge in [0.1, 0.15) is 0 Å². The first kappa shape index (κ1) is 13.8. The number of rotatable bonds is 1. The van der Waals surface area contributed by atoms with Crippen LogP contribution in [0, 0.1) is 5.92 Å². The van der Waals surface area contributed by atoms with Crippen LogP contribution in [0.2, 0.25) is 0 Å². The zero-order valence-corrected chi connectivity index (χ0v) is 12.4. The number of nitrogens with zero attached hydrogens (tertiary/aromatic N) is 1. The smallest absolute Gasteiger partial charge is 0.0697 e. The van der Waals surface area contributed by atoms with Gasteiger partial charge in [0.15, 0.2) is 0 Å². The van der Waals surface area contributed by atoms with Gasteiger partial charge in [0, 0.05) is 25.2 Å². The van der Waals surface area contributed by atoms with E-state index in [9.17, 15) is 0 Å². The van der Waals surface area contributed by atoms with Crippen LogP contribution in [0.15, 0.2) is 0 Å². The van der Waals surface area contributed by atoms with E-state index in [1.807, 2.05) is 0 Å². The maximum atomic E-state index is 6.22. The van der Waals surface area contributed by atoms with Crippen LogP contribution in [0.3, 0.4) is 0 Å². The molecule has 2 aliphatic heterocycles. The topological polar surface area (TPSA) is 38.5 Å². The molecule has 1 spiro atoms. The third-order valence-corrected chi connectivity index (χ3v) is 5.75. The Balaban J connectivity index is 1.61. The van der Waals surface area contributed by atoms with Crippen LogP contribution in [0.4, 0.5) is 0 Å². The first-order valence-electron chi connectivity index (χ1n) is 8.32. The molecule has 3 fully saturated rings. The van der Waals surface area contributed by atoms with Crippen LogP contribution in [0.1, 0.15) is 58.3 Å². The first-order chi connectivity index (χ1) is 9.19.